The van der Waals surface area contributed by atoms with Crippen LogP contribution in [0.2, 0.25) is 0 Å². The first-order valence-electron chi connectivity index (χ1n) is 10.2. The van der Waals surface area contributed by atoms with Crippen LogP contribution in [0.4, 0.5) is 9.59 Å². The van der Waals surface area contributed by atoms with Crippen molar-refractivity contribution in [2.75, 3.05) is 27.2 Å². The summed E-state index contributed by atoms with van der Waals surface area (Å²) in [7, 11) is 3.26. The molecule has 0 aliphatic rings. The van der Waals surface area contributed by atoms with E-state index in [0.29, 0.717) is 25.1 Å². The van der Waals surface area contributed by atoms with Gasteiger partial charge in [0, 0.05) is 33.3 Å². The Morgan fingerprint density at radius 2 is 1.41 bits per heavy atom. The van der Waals surface area contributed by atoms with Gasteiger partial charge in [0.25, 0.3) is 0 Å². The quantitative estimate of drug-likeness (QED) is 0.633. The molecule has 1 unspecified atom stereocenters. The van der Waals surface area contributed by atoms with Crippen molar-refractivity contribution in [3.8, 4) is 11.5 Å². The van der Waals surface area contributed by atoms with Crippen LogP contribution >= 0.6 is 0 Å². The molecule has 1 aromatic rings. The van der Waals surface area contributed by atoms with Gasteiger partial charge in [-0.05, 0) is 49.8 Å². The second-order valence-corrected chi connectivity index (χ2v) is 8.07. The van der Waals surface area contributed by atoms with Gasteiger partial charge in [-0.2, -0.15) is 0 Å². The first-order valence-corrected chi connectivity index (χ1v) is 10.2. The summed E-state index contributed by atoms with van der Waals surface area (Å²) in [4.78, 5) is 27.1. The van der Waals surface area contributed by atoms with E-state index >= 15 is 0 Å². The highest BCUT2D eigenvalue weighted by Gasteiger charge is 2.21. The lowest BCUT2D eigenvalue weighted by atomic mass is 9.83. The number of carbonyl (C=O) groups is 2. The molecule has 0 bridgehead atoms. The summed E-state index contributed by atoms with van der Waals surface area (Å²) in [5.41, 5.74) is 0.664. The number of amides is 2. The zero-order valence-electron chi connectivity index (χ0n) is 18.8. The average Bonchev–Trinajstić information content (AvgIpc) is 2.70. The van der Waals surface area contributed by atoms with Gasteiger partial charge in [0.05, 0.1) is 6.10 Å². The highest BCUT2D eigenvalue weighted by atomic mass is 16.6. The van der Waals surface area contributed by atoms with Gasteiger partial charge in [0.15, 0.2) is 0 Å². The number of hydrogen-bond donors (Lipinski definition) is 1. The van der Waals surface area contributed by atoms with Crippen LogP contribution in [-0.2, 0) is 0 Å². The third-order valence-electron chi connectivity index (χ3n) is 5.32. The number of ether oxygens (including phenoxy) is 2. The Morgan fingerprint density at radius 1 is 0.966 bits per heavy atom. The predicted octanol–water partition coefficient (Wildman–Crippen LogP) is 4.84. The largest absolute Gasteiger partial charge is 0.414 e. The molecule has 1 rings (SSSR count). The Kier molecular flexibility index (Phi) is 9.43. The Balaban J connectivity index is 3.11. The van der Waals surface area contributed by atoms with Crippen molar-refractivity contribution in [1.82, 2.24) is 9.80 Å². The molecule has 0 saturated heterocycles. The lowest BCUT2D eigenvalue weighted by Crippen LogP contribution is -2.30. The van der Waals surface area contributed by atoms with Gasteiger partial charge >= 0.3 is 12.2 Å². The highest BCUT2D eigenvalue weighted by molar-refractivity contribution is 5.72. The molecule has 0 radical (unpaired) electrons. The van der Waals surface area contributed by atoms with Crippen molar-refractivity contribution in [2.45, 2.75) is 60.0 Å². The Hall–Kier alpha value is -2.28. The van der Waals surface area contributed by atoms with Crippen molar-refractivity contribution in [3.05, 3.63) is 23.8 Å². The van der Waals surface area contributed by atoms with Crippen molar-refractivity contribution in [3.63, 3.8) is 0 Å². The predicted molar refractivity (Wildman–Crippen MR) is 113 cm³/mol. The SMILES string of the molecule is CCN(C)C(=O)Oc1cc(OC(=O)N(C)CC)cc(C(O)CCC(C)(C)CC)c1. The third-order valence-corrected chi connectivity index (χ3v) is 5.32. The summed E-state index contributed by atoms with van der Waals surface area (Å²) >= 11 is 0. The number of nitrogens with zero attached hydrogens (tertiary/aromatic N) is 2. The minimum atomic E-state index is -0.760. The van der Waals surface area contributed by atoms with E-state index in [9.17, 15) is 14.7 Å². The standard InChI is InChI=1S/C22H36N2O5/c1-8-22(4,5)12-11-19(25)16-13-17(28-20(26)23(6)9-2)15-18(14-16)29-21(27)24(7)10-3/h13-15,19,25H,8-12H2,1-7H3. The second kappa shape index (κ2) is 11.0. The van der Waals surface area contributed by atoms with Crippen LogP contribution in [0.3, 0.4) is 0 Å². The molecule has 0 aliphatic heterocycles. The van der Waals surface area contributed by atoms with Gasteiger partial charge in [0.1, 0.15) is 11.5 Å². The minimum absolute atomic E-state index is 0.119. The summed E-state index contributed by atoms with van der Waals surface area (Å²) in [5.74, 6) is 0.451. The summed E-state index contributed by atoms with van der Waals surface area (Å²) in [5, 5.41) is 10.7. The van der Waals surface area contributed by atoms with E-state index in [0.717, 1.165) is 12.8 Å². The van der Waals surface area contributed by atoms with Crippen molar-refractivity contribution < 1.29 is 24.2 Å². The van der Waals surface area contributed by atoms with E-state index in [1.165, 1.54) is 15.9 Å². The van der Waals surface area contributed by atoms with E-state index < -0.39 is 18.3 Å². The molecule has 7 nitrogen and oxygen atoms in total. The zero-order valence-corrected chi connectivity index (χ0v) is 18.8. The van der Waals surface area contributed by atoms with Crippen LogP contribution in [0.15, 0.2) is 18.2 Å². The first-order chi connectivity index (χ1) is 13.5. The fourth-order valence-electron chi connectivity index (χ4n) is 2.39. The van der Waals surface area contributed by atoms with Crippen molar-refractivity contribution in [2.24, 2.45) is 5.41 Å². The molecule has 1 aromatic carbocycles. The van der Waals surface area contributed by atoms with E-state index in [4.69, 9.17) is 9.47 Å². The molecular formula is C22H36N2O5. The molecule has 0 saturated carbocycles. The first kappa shape index (κ1) is 24.8. The van der Waals surface area contributed by atoms with Gasteiger partial charge in [-0.15, -0.1) is 0 Å². The van der Waals surface area contributed by atoms with Gasteiger partial charge in [-0.1, -0.05) is 27.2 Å². The molecule has 0 heterocycles. The van der Waals surface area contributed by atoms with Crippen LogP contribution in [0.25, 0.3) is 0 Å². The molecule has 0 spiro atoms. The maximum atomic E-state index is 12.1. The molecule has 2 amide bonds. The van der Waals surface area contributed by atoms with Gasteiger partial charge in [0.2, 0.25) is 0 Å². The van der Waals surface area contributed by atoms with E-state index in [-0.39, 0.29) is 16.9 Å². The van der Waals surface area contributed by atoms with Crippen LogP contribution in [0.5, 0.6) is 11.5 Å². The highest BCUT2D eigenvalue weighted by Crippen LogP contribution is 2.33. The number of aliphatic hydroxyl groups is 1. The van der Waals surface area contributed by atoms with Crippen molar-refractivity contribution in [1.29, 1.82) is 0 Å². The smallest absolute Gasteiger partial charge is 0.410 e. The van der Waals surface area contributed by atoms with E-state index in [1.54, 1.807) is 26.2 Å². The molecule has 1 N–H and O–H groups in total. The van der Waals surface area contributed by atoms with Crippen LogP contribution in [0.1, 0.15) is 65.5 Å². The number of rotatable bonds is 9. The summed E-state index contributed by atoms with van der Waals surface area (Å²) in [6.45, 7) is 11.1. The maximum Gasteiger partial charge on any atom is 0.414 e. The van der Waals surface area contributed by atoms with E-state index in [2.05, 4.69) is 20.8 Å². The second-order valence-electron chi connectivity index (χ2n) is 8.07. The van der Waals surface area contributed by atoms with Crippen LogP contribution < -0.4 is 9.47 Å². The van der Waals surface area contributed by atoms with Gasteiger partial charge < -0.3 is 24.4 Å². The zero-order chi connectivity index (χ0) is 22.2. The molecule has 0 aliphatic carbocycles. The normalized spacial score (nSPS) is 12.3. The lowest BCUT2D eigenvalue weighted by molar-refractivity contribution is 0.140. The van der Waals surface area contributed by atoms with Gasteiger partial charge in [-0.25, -0.2) is 9.59 Å². The molecule has 0 fully saturated rings. The Bertz CT molecular complexity index is 648. The average molecular weight is 409 g/mol. The fourth-order valence-corrected chi connectivity index (χ4v) is 2.39. The molecule has 7 heteroatoms. The van der Waals surface area contributed by atoms with Crippen LogP contribution in [0, 0.1) is 5.41 Å². The number of benzene rings is 1. The monoisotopic (exact) mass is 408 g/mol. The Labute approximate surface area is 174 Å². The third kappa shape index (κ3) is 7.93. The number of hydrogen-bond acceptors (Lipinski definition) is 5. The summed E-state index contributed by atoms with van der Waals surface area (Å²) < 4.78 is 10.8. The topological polar surface area (TPSA) is 79.3 Å². The summed E-state index contributed by atoms with van der Waals surface area (Å²) in [6, 6.07) is 4.72. The number of aliphatic hydroxyl groups excluding tert-OH is 1. The fraction of sp³-hybridized carbons (Fsp3) is 0.636. The number of carbonyl (C=O) groups excluding carboxylic acids is 2. The van der Waals surface area contributed by atoms with Crippen molar-refractivity contribution >= 4 is 12.2 Å². The Morgan fingerprint density at radius 3 is 1.79 bits per heavy atom. The molecule has 164 valence electrons. The maximum absolute atomic E-state index is 12.1. The van der Waals surface area contributed by atoms with Gasteiger partial charge in [-0.3, -0.25) is 0 Å². The molecule has 1 atom stereocenters. The molecule has 0 aromatic heterocycles. The summed E-state index contributed by atoms with van der Waals surface area (Å²) in [6.07, 6.45) is 0.594. The minimum Gasteiger partial charge on any atom is -0.410 e. The van der Waals surface area contributed by atoms with E-state index in [1.807, 2.05) is 13.8 Å². The van der Waals surface area contributed by atoms with Crippen LogP contribution in [-0.4, -0.2) is 54.3 Å². The molecular weight excluding hydrogens is 372 g/mol. The lowest BCUT2D eigenvalue weighted by Gasteiger charge is -2.24. The molecule has 29 heavy (non-hydrogen) atoms.